The Labute approximate surface area is 127 Å². The number of nitrogens with zero attached hydrogens (tertiary/aromatic N) is 2. The van der Waals surface area contributed by atoms with Crippen LogP contribution in [-0.4, -0.2) is 59.5 Å². The van der Waals surface area contributed by atoms with Gasteiger partial charge in [0.05, 0.1) is 12.0 Å². The SMILES string of the molecule is CCC1(C(=O)O)CCN(CC(=O)N(C)C2CCCCC2)C1. The number of rotatable bonds is 5. The van der Waals surface area contributed by atoms with Gasteiger partial charge in [-0.05, 0) is 32.2 Å². The number of carboxylic acids is 1. The number of likely N-dealkylation sites (tertiary alicyclic amines) is 1. The second kappa shape index (κ2) is 6.77. The van der Waals surface area contributed by atoms with Crippen LogP contribution in [0.2, 0.25) is 0 Å². The summed E-state index contributed by atoms with van der Waals surface area (Å²) >= 11 is 0. The van der Waals surface area contributed by atoms with E-state index in [1.807, 2.05) is 23.8 Å². The number of amides is 1. The Kier molecular flexibility index (Phi) is 5.25. The normalized spacial score (nSPS) is 27.7. The van der Waals surface area contributed by atoms with Crippen LogP contribution < -0.4 is 0 Å². The number of carbonyl (C=O) groups is 2. The van der Waals surface area contributed by atoms with Crippen molar-refractivity contribution in [1.29, 1.82) is 0 Å². The van der Waals surface area contributed by atoms with E-state index in [1.165, 1.54) is 19.3 Å². The lowest BCUT2D eigenvalue weighted by atomic mass is 9.84. The molecule has 0 radical (unpaired) electrons. The van der Waals surface area contributed by atoms with Gasteiger partial charge in [0, 0.05) is 19.6 Å². The van der Waals surface area contributed by atoms with Crippen LogP contribution in [0.5, 0.6) is 0 Å². The Morgan fingerprint density at radius 2 is 1.95 bits per heavy atom. The van der Waals surface area contributed by atoms with E-state index >= 15 is 0 Å². The molecule has 5 nitrogen and oxygen atoms in total. The molecule has 21 heavy (non-hydrogen) atoms. The molecule has 2 rings (SSSR count). The lowest BCUT2D eigenvalue weighted by Crippen LogP contribution is -2.44. The number of hydrogen-bond acceptors (Lipinski definition) is 3. The molecular weight excluding hydrogens is 268 g/mol. The lowest BCUT2D eigenvalue weighted by molar-refractivity contribution is -0.148. The monoisotopic (exact) mass is 296 g/mol. The van der Waals surface area contributed by atoms with Crippen molar-refractivity contribution in [2.75, 3.05) is 26.7 Å². The maximum atomic E-state index is 12.4. The molecule has 2 aliphatic rings. The van der Waals surface area contributed by atoms with Gasteiger partial charge in [0.15, 0.2) is 0 Å². The largest absolute Gasteiger partial charge is 0.481 e. The molecule has 1 N–H and O–H groups in total. The topological polar surface area (TPSA) is 60.9 Å². The van der Waals surface area contributed by atoms with Crippen LogP contribution in [-0.2, 0) is 9.59 Å². The highest BCUT2D eigenvalue weighted by molar-refractivity contribution is 5.79. The highest BCUT2D eigenvalue weighted by Gasteiger charge is 2.43. The van der Waals surface area contributed by atoms with Gasteiger partial charge in [-0.25, -0.2) is 0 Å². The van der Waals surface area contributed by atoms with Crippen LogP contribution in [0.25, 0.3) is 0 Å². The highest BCUT2D eigenvalue weighted by Crippen LogP contribution is 2.34. The first-order valence-electron chi connectivity index (χ1n) is 8.20. The molecule has 1 amide bonds. The molecule has 1 saturated carbocycles. The highest BCUT2D eigenvalue weighted by atomic mass is 16.4. The second-order valence-electron chi connectivity index (χ2n) is 6.70. The van der Waals surface area contributed by atoms with Crippen LogP contribution in [0, 0.1) is 5.41 Å². The maximum absolute atomic E-state index is 12.4. The Balaban J connectivity index is 1.87. The van der Waals surface area contributed by atoms with Crippen molar-refractivity contribution in [3.8, 4) is 0 Å². The average Bonchev–Trinajstić information content (AvgIpc) is 2.92. The van der Waals surface area contributed by atoms with E-state index in [9.17, 15) is 14.7 Å². The van der Waals surface area contributed by atoms with Gasteiger partial charge in [0.25, 0.3) is 0 Å². The first kappa shape index (κ1) is 16.3. The Hall–Kier alpha value is -1.10. The van der Waals surface area contributed by atoms with Crippen molar-refractivity contribution in [3.05, 3.63) is 0 Å². The average molecular weight is 296 g/mol. The van der Waals surface area contributed by atoms with Gasteiger partial charge in [-0.3, -0.25) is 14.5 Å². The van der Waals surface area contributed by atoms with Crippen molar-refractivity contribution in [1.82, 2.24) is 9.80 Å². The fraction of sp³-hybridized carbons (Fsp3) is 0.875. The van der Waals surface area contributed by atoms with Crippen LogP contribution >= 0.6 is 0 Å². The lowest BCUT2D eigenvalue weighted by Gasteiger charge is -2.32. The summed E-state index contributed by atoms with van der Waals surface area (Å²) in [7, 11) is 1.90. The van der Waals surface area contributed by atoms with Crippen molar-refractivity contribution in [2.24, 2.45) is 5.41 Å². The molecule has 120 valence electrons. The molecule has 5 heteroatoms. The minimum Gasteiger partial charge on any atom is -0.481 e. The molecule has 1 aliphatic carbocycles. The summed E-state index contributed by atoms with van der Waals surface area (Å²) in [4.78, 5) is 27.8. The maximum Gasteiger partial charge on any atom is 0.310 e. The summed E-state index contributed by atoms with van der Waals surface area (Å²) in [5.41, 5.74) is -0.649. The van der Waals surface area contributed by atoms with Crippen molar-refractivity contribution in [2.45, 2.75) is 57.9 Å². The number of hydrogen-bond donors (Lipinski definition) is 1. The van der Waals surface area contributed by atoms with E-state index in [-0.39, 0.29) is 5.91 Å². The Bertz CT molecular complexity index is 393. The van der Waals surface area contributed by atoms with E-state index in [2.05, 4.69) is 0 Å². The summed E-state index contributed by atoms with van der Waals surface area (Å²) in [6.07, 6.45) is 7.20. The third kappa shape index (κ3) is 3.57. The van der Waals surface area contributed by atoms with E-state index in [0.29, 0.717) is 38.5 Å². The number of likely N-dealkylation sites (N-methyl/N-ethyl adjacent to an activating group) is 1. The third-order valence-corrected chi connectivity index (χ3v) is 5.44. The quantitative estimate of drug-likeness (QED) is 0.842. The van der Waals surface area contributed by atoms with Crippen LogP contribution in [0.4, 0.5) is 0 Å². The van der Waals surface area contributed by atoms with Gasteiger partial charge in [-0.1, -0.05) is 26.2 Å². The van der Waals surface area contributed by atoms with E-state index in [1.54, 1.807) is 0 Å². The molecule has 0 aromatic carbocycles. The molecule has 1 heterocycles. The Morgan fingerprint density at radius 1 is 1.29 bits per heavy atom. The smallest absolute Gasteiger partial charge is 0.310 e. The van der Waals surface area contributed by atoms with Gasteiger partial charge in [-0.2, -0.15) is 0 Å². The summed E-state index contributed by atoms with van der Waals surface area (Å²) in [5.74, 6) is -0.584. The van der Waals surface area contributed by atoms with Crippen LogP contribution in [0.3, 0.4) is 0 Å². The minimum absolute atomic E-state index is 0.138. The molecule has 1 aliphatic heterocycles. The van der Waals surface area contributed by atoms with E-state index < -0.39 is 11.4 Å². The Morgan fingerprint density at radius 3 is 2.48 bits per heavy atom. The third-order valence-electron chi connectivity index (χ3n) is 5.44. The zero-order valence-electron chi connectivity index (χ0n) is 13.3. The number of carbonyl (C=O) groups excluding carboxylic acids is 1. The van der Waals surface area contributed by atoms with Crippen LogP contribution in [0.15, 0.2) is 0 Å². The summed E-state index contributed by atoms with van der Waals surface area (Å²) in [6.45, 7) is 3.50. The van der Waals surface area contributed by atoms with E-state index in [0.717, 1.165) is 12.8 Å². The van der Waals surface area contributed by atoms with Gasteiger partial charge in [-0.15, -0.1) is 0 Å². The zero-order valence-corrected chi connectivity index (χ0v) is 13.3. The second-order valence-corrected chi connectivity index (χ2v) is 6.70. The molecule has 2 fully saturated rings. The summed E-state index contributed by atoms with van der Waals surface area (Å²) in [5, 5.41) is 9.41. The standard InChI is InChI=1S/C16H28N2O3/c1-3-16(15(20)21)9-10-18(12-16)11-14(19)17(2)13-7-5-4-6-8-13/h13H,3-12H2,1-2H3,(H,20,21). The van der Waals surface area contributed by atoms with Gasteiger partial charge < -0.3 is 10.0 Å². The predicted octanol–water partition coefficient (Wildman–Crippen LogP) is 1.96. The number of carboxylic acid groups (broad SMARTS) is 1. The van der Waals surface area contributed by atoms with Crippen molar-refractivity contribution < 1.29 is 14.7 Å². The summed E-state index contributed by atoms with van der Waals surface area (Å²) < 4.78 is 0. The molecule has 1 unspecified atom stereocenters. The fourth-order valence-corrected chi connectivity index (χ4v) is 3.68. The molecule has 0 aromatic heterocycles. The molecule has 0 spiro atoms. The molecule has 0 aromatic rings. The first-order valence-corrected chi connectivity index (χ1v) is 8.20. The van der Waals surface area contributed by atoms with Crippen LogP contribution in [0.1, 0.15) is 51.9 Å². The zero-order chi connectivity index (χ0) is 15.5. The van der Waals surface area contributed by atoms with Gasteiger partial charge >= 0.3 is 5.97 Å². The molecular formula is C16H28N2O3. The van der Waals surface area contributed by atoms with Gasteiger partial charge in [0.1, 0.15) is 0 Å². The van der Waals surface area contributed by atoms with Gasteiger partial charge in [0.2, 0.25) is 5.91 Å². The molecule has 1 atom stereocenters. The minimum atomic E-state index is -0.722. The summed E-state index contributed by atoms with van der Waals surface area (Å²) in [6, 6.07) is 0.379. The fourth-order valence-electron chi connectivity index (χ4n) is 3.68. The van der Waals surface area contributed by atoms with Crippen molar-refractivity contribution in [3.63, 3.8) is 0 Å². The first-order chi connectivity index (χ1) is 9.98. The number of aliphatic carboxylic acids is 1. The molecule has 0 bridgehead atoms. The predicted molar refractivity (Wildman–Crippen MR) is 81.1 cm³/mol. The van der Waals surface area contributed by atoms with E-state index in [4.69, 9.17) is 0 Å². The van der Waals surface area contributed by atoms with Crippen molar-refractivity contribution >= 4 is 11.9 Å². The molecule has 1 saturated heterocycles.